The quantitative estimate of drug-likeness (QED) is 0.770. The van der Waals surface area contributed by atoms with E-state index in [9.17, 15) is 5.11 Å². The fraction of sp³-hybridized carbons (Fsp3) is 0.571. The first-order chi connectivity index (χ1) is 9.04. The number of benzene rings is 1. The van der Waals surface area contributed by atoms with Crippen molar-refractivity contribution in [3.63, 3.8) is 0 Å². The fourth-order valence-corrected chi connectivity index (χ4v) is 1.81. The van der Waals surface area contributed by atoms with Crippen LogP contribution in [0.25, 0.3) is 0 Å². The zero-order valence-electron chi connectivity index (χ0n) is 11.6. The van der Waals surface area contributed by atoms with Gasteiger partial charge in [-0.15, -0.1) is 0 Å². The first-order valence-electron chi connectivity index (χ1n) is 6.35. The van der Waals surface area contributed by atoms with Crippen molar-refractivity contribution in [2.24, 2.45) is 0 Å². The minimum atomic E-state index is -0.644. The summed E-state index contributed by atoms with van der Waals surface area (Å²) >= 11 is 6.18. The molecule has 0 saturated carbocycles. The van der Waals surface area contributed by atoms with Crippen LogP contribution < -0.4 is 10.1 Å². The van der Waals surface area contributed by atoms with Gasteiger partial charge in [0.25, 0.3) is 0 Å². The van der Waals surface area contributed by atoms with E-state index in [-0.39, 0.29) is 13.2 Å². The van der Waals surface area contributed by atoms with Crippen molar-refractivity contribution in [3.8, 4) is 5.75 Å². The van der Waals surface area contributed by atoms with Crippen LogP contribution in [0.1, 0.15) is 19.4 Å². The maximum Gasteiger partial charge on any atom is 0.125 e. The zero-order chi connectivity index (χ0) is 14.3. The summed E-state index contributed by atoms with van der Waals surface area (Å²) in [6, 6.07) is 5.88. The number of halogens is 1. The molecular weight excluding hydrogens is 266 g/mol. The van der Waals surface area contributed by atoms with Crippen LogP contribution in [-0.4, -0.2) is 37.6 Å². The molecule has 1 rings (SSSR count). The standard InChI is InChI=1S/C14H22ClNO3/c1-10(2)16-7-12-13(15)5-4-6-14(12)19-9-11(17)8-18-3/h4-6,10-11,16-17H,7-9H2,1-3H3. The van der Waals surface area contributed by atoms with Gasteiger partial charge in [-0.3, -0.25) is 0 Å². The normalized spacial score (nSPS) is 12.7. The predicted octanol–water partition coefficient (Wildman–Crippen LogP) is 2.22. The van der Waals surface area contributed by atoms with Crippen molar-refractivity contribution in [2.75, 3.05) is 20.3 Å². The van der Waals surface area contributed by atoms with Gasteiger partial charge >= 0.3 is 0 Å². The van der Waals surface area contributed by atoms with Crippen LogP contribution in [0.2, 0.25) is 5.02 Å². The molecule has 0 aliphatic carbocycles. The molecule has 0 aromatic heterocycles. The van der Waals surface area contributed by atoms with E-state index in [1.807, 2.05) is 18.2 Å². The molecule has 0 heterocycles. The van der Waals surface area contributed by atoms with E-state index in [2.05, 4.69) is 19.2 Å². The first kappa shape index (κ1) is 16.2. The summed E-state index contributed by atoms with van der Waals surface area (Å²) in [6.45, 7) is 5.20. The minimum absolute atomic E-state index is 0.183. The third-order valence-corrected chi connectivity index (χ3v) is 2.91. The fourth-order valence-electron chi connectivity index (χ4n) is 1.58. The van der Waals surface area contributed by atoms with Crippen LogP contribution in [-0.2, 0) is 11.3 Å². The van der Waals surface area contributed by atoms with E-state index in [0.717, 1.165) is 5.56 Å². The molecule has 1 atom stereocenters. The monoisotopic (exact) mass is 287 g/mol. The maximum atomic E-state index is 9.59. The second-order valence-electron chi connectivity index (χ2n) is 4.67. The van der Waals surface area contributed by atoms with Gasteiger partial charge in [-0.05, 0) is 12.1 Å². The van der Waals surface area contributed by atoms with E-state index < -0.39 is 6.10 Å². The van der Waals surface area contributed by atoms with Crippen LogP contribution in [0, 0.1) is 0 Å². The SMILES string of the molecule is COCC(O)COc1cccc(Cl)c1CNC(C)C. The van der Waals surface area contributed by atoms with Gasteiger partial charge in [0.1, 0.15) is 18.5 Å². The Bertz CT molecular complexity index is 385. The summed E-state index contributed by atoms with van der Waals surface area (Å²) in [4.78, 5) is 0. The van der Waals surface area contributed by atoms with Crippen molar-refractivity contribution >= 4 is 11.6 Å². The molecular formula is C14H22ClNO3. The van der Waals surface area contributed by atoms with Gasteiger partial charge < -0.3 is 19.9 Å². The molecule has 0 radical (unpaired) electrons. The number of aliphatic hydroxyl groups is 1. The van der Waals surface area contributed by atoms with E-state index >= 15 is 0 Å². The molecule has 0 amide bonds. The van der Waals surface area contributed by atoms with Crippen LogP contribution in [0.15, 0.2) is 18.2 Å². The van der Waals surface area contributed by atoms with Crippen molar-refractivity contribution in [2.45, 2.75) is 32.5 Å². The van der Waals surface area contributed by atoms with Gasteiger partial charge in [0, 0.05) is 30.3 Å². The smallest absolute Gasteiger partial charge is 0.125 e. The van der Waals surface area contributed by atoms with Gasteiger partial charge in [0.2, 0.25) is 0 Å². The van der Waals surface area contributed by atoms with E-state index in [1.165, 1.54) is 0 Å². The number of nitrogens with one attached hydrogen (secondary N) is 1. The third kappa shape index (κ3) is 5.78. The molecule has 1 aromatic rings. The van der Waals surface area contributed by atoms with Crippen molar-refractivity contribution < 1.29 is 14.6 Å². The summed E-state index contributed by atoms with van der Waals surface area (Å²) < 4.78 is 10.5. The highest BCUT2D eigenvalue weighted by atomic mass is 35.5. The molecule has 4 nitrogen and oxygen atoms in total. The van der Waals surface area contributed by atoms with Crippen molar-refractivity contribution in [1.29, 1.82) is 0 Å². The lowest BCUT2D eigenvalue weighted by molar-refractivity contribution is 0.0323. The summed E-state index contributed by atoms with van der Waals surface area (Å²) in [6.07, 6.45) is -0.644. The van der Waals surface area contributed by atoms with Crippen LogP contribution in [0.5, 0.6) is 5.75 Å². The van der Waals surface area contributed by atoms with E-state index in [4.69, 9.17) is 21.1 Å². The Morgan fingerprint density at radius 2 is 2.05 bits per heavy atom. The van der Waals surface area contributed by atoms with Gasteiger partial charge in [0.15, 0.2) is 0 Å². The molecule has 1 aromatic carbocycles. The molecule has 108 valence electrons. The van der Waals surface area contributed by atoms with E-state index in [0.29, 0.717) is 23.4 Å². The van der Waals surface area contributed by atoms with Crippen LogP contribution >= 0.6 is 11.6 Å². The number of ether oxygens (including phenoxy) is 2. The molecule has 0 aliphatic rings. The molecule has 0 aliphatic heterocycles. The highest BCUT2D eigenvalue weighted by Crippen LogP contribution is 2.26. The van der Waals surface area contributed by atoms with Crippen LogP contribution in [0.4, 0.5) is 0 Å². The van der Waals surface area contributed by atoms with Crippen molar-refractivity contribution in [3.05, 3.63) is 28.8 Å². The molecule has 0 spiro atoms. The molecule has 2 N–H and O–H groups in total. The summed E-state index contributed by atoms with van der Waals surface area (Å²) in [5, 5.41) is 13.6. The largest absolute Gasteiger partial charge is 0.490 e. The molecule has 1 unspecified atom stereocenters. The predicted molar refractivity (Wildman–Crippen MR) is 76.8 cm³/mol. The molecule has 5 heteroatoms. The second kappa shape index (κ2) is 8.38. The maximum absolute atomic E-state index is 9.59. The molecule has 0 bridgehead atoms. The van der Waals surface area contributed by atoms with Gasteiger partial charge in [-0.25, -0.2) is 0 Å². The average Bonchev–Trinajstić information content (AvgIpc) is 2.35. The third-order valence-electron chi connectivity index (χ3n) is 2.55. The summed E-state index contributed by atoms with van der Waals surface area (Å²) in [5.41, 5.74) is 0.905. The lowest BCUT2D eigenvalue weighted by Crippen LogP contribution is -2.25. The Labute approximate surface area is 119 Å². The lowest BCUT2D eigenvalue weighted by atomic mass is 10.2. The van der Waals surface area contributed by atoms with Gasteiger partial charge in [-0.1, -0.05) is 31.5 Å². The number of hydrogen-bond acceptors (Lipinski definition) is 4. The van der Waals surface area contributed by atoms with Crippen LogP contribution in [0.3, 0.4) is 0 Å². The number of aliphatic hydroxyl groups excluding tert-OH is 1. The van der Waals surface area contributed by atoms with Gasteiger partial charge in [0.05, 0.1) is 6.61 Å². The Morgan fingerprint density at radius 1 is 1.32 bits per heavy atom. The Kier molecular flexibility index (Phi) is 7.16. The number of rotatable bonds is 8. The average molecular weight is 288 g/mol. The Morgan fingerprint density at radius 3 is 2.68 bits per heavy atom. The number of methoxy groups -OCH3 is 1. The summed E-state index contributed by atoms with van der Waals surface area (Å²) in [7, 11) is 1.54. The molecule has 19 heavy (non-hydrogen) atoms. The minimum Gasteiger partial charge on any atom is -0.490 e. The lowest BCUT2D eigenvalue weighted by Gasteiger charge is -2.16. The molecule has 0 saturated heterocycles. The van der Waals surface area contributed by atoms with Crippen molar-refractivity contribution in [1.82, 2.24) is 5.32 Å². The highest BCUT2D eigenvalue weighted by molar-refractivity contribution is 6.31. The van der Waals surface area contributed by atoms with Gasteiger partial charge in [-0.2, -0.15) is 0 Å². The second-order valence-corrected chi connectivity index (χ2v) is 5.08. The Balaban J connectivity index is 2.68. The highest BCUT2D eigenvalue weighted by Gasteiger charge is 2.11. The zero-order valence-corrected chi connectivity index (χ0v) is 12.4. The topological polar surface area (TPSA) is 50.7 Å². The first-order valence-corrected chi connectivity index (χ1v) is 6.73. The molecule has 0 fully saturated rings. The Hall–Kier alpha value is -0.810. The summed E-state index contributed by atoms with van der Waals surface area (Å²) in [5.74, 6) is 0.691. The van der Waals surface area contributed by atoms with E-state index in [1.54, 1.807) is 7.11 Å². The number of hydrogen-bond donors (Lipinski definition) is 2.